The first-order valence-electron chi connectivity index (χ1n) is 6.71. The molecule has 0 spiro atoms. The molecule has 1 rings (SSSR count). The summed E-state index contributed by atoms with van der Waals surface area (Å²) in [7, 11) is 0. The van der Waals surface area contributed by atoms with Crippen LogP contribution < -0.4 is 5.32 Å². The van der Waals surface area contributed by atoms with Crippen molar-refractivity contribution in [1.82, 2.24) is 10.2 Å². The van der Waals surface area contributed by atoms with E-state index in [-0.39, 0.29) is 0 Å². The molecular formula is C13H28N2O. The third kappa shape index (κ3) is 4.04. The summed E-state index contributed by atoms with van der Waals surface area (Å²) in [6.45, 7) is 14.2. The van der Waals surface area contributed by atoms with Gasteiger partial charge in [-0.15, -0.1) is 0 Å². The zero-order chi connectivity index (χ0) is 12.0. The van der Waals surface area contributed by atoms with E-state index in [1.54, 1.807) is 0 Å². The highest BCUT2D eigenvalue weighted by Crippen LogP contribution is 2.16. The fourth-order valence-corrected chi connectivity index (χ4v) is 2.40. The number of rotatable bonds is 6. The van der Waals surface area contributed by atoms with E-state index in [9.17, 15) is 0 Å². The van der Waals surface area contributed by atoms with Crippen LogP contribution in [0.4, 0.5) is 0 Å². The molecule has 0 aromatic heterocycles. The maximum atomic E-state index is 5.51. The zero-order valence-corrected chi connectivity index (χ0v) is 11.3. The van der Waals surface area contributed by atoms with Gasteiger partial charge in [-0.2, -0.15) is 0 Å². The Hall–Kier alpha value is -0.120. The first kappa shape index (κ1) is 13.9. The molecule has 1 fully saturated rings. The number of morpholine rings is 1. The van der Waals surface area contributed by atoms with Gasteiger partial charge in [0.1, 0.15) is 0 Å². The minimum absolute atomic E-state index is 0.560. The van der Waals surface area contributed by atoms with E-state index >= 15 is 0 Å². The summed E-state index contributed by atoms with van der Waals surface area (Å²) >= 11 is 0. The largest absolute Gasteiger partial charge is 0.379 e. The molecule has 2 atom stereocenters. The molecule has 16 heavy (non-hydrogen) atoms. The molecule has 0 aliphatic carbocycles. The van der Waals surface area contributed by atoms with Gasteiger partial charge in [0, 0.05) is 25.2 Å². The molecule has 3 heteroatoms. The van der Waals surface area contributed by atoms with E-state index in [0.29, 0.717) is 18.0 Å². The van der Waals surface area contributed by atoms with Gasteiger partial charge in [-0.25, -0.2) is 0 Å². The maximum absolute atomic E-state index is 5.51. The Balaban J connectivity index is 2.47. The lowest BCUT2D eigenvalue weighted by Crippen LogP contribution is -2.54. The van der Waals surface area contributed by atoms with Gasteiger partial charge in [-0.05, 0) is 25.8 Å². The van der Waals surface area contributed by atoms with Gasteiger partial charge >= 0.3 is 0 Å². The van der Waals surface area contributed by atoms with E-state index in [1.165, 1.54) is 6.42 Å². The van der Waals surface area contributed by atoms with Gasteiger partial charge in [-0.3, -0.25) is 4.90 Å². The topological polar surface area (TPSA) is 24.5 Å². The van der Waals surface area contributed by atoms with E-state index in [4.69, 9.17) is 4.74 Å². The van der Waals surface area contributed by atoms with Gasteiger partial charge in [0.05, 0.1) is 13.2 Å². The molecule has 0 saturated carbocycles. The van der Waals surface area contributed by atoms with Crippen LogP contribution in [0.2, 0.25) is 0 Å². The van der Waals surface area contributed by atoms with Gasteiger partial charge < -0.3 is 10.1 Å². The van der Waals surface area contributed by atoms with Crippen molar-refractivity contribution in [2.75, 3.05) is 32.8 Å². The van der Waals surface area contributed by atoms with Crippen LogP contribution in [0.5, 0.6) is 0 Å². The fraction of sp³-hybridized carbons (Fsp3) is 1.00. The van der Waals surface area contributed by atoms with Crippen molar-refractivity contribution in [2.24, 2.45) is 5.92 Å². The third-order valence-corrected chi connectivity index (χ3v) is 3.39. The number of hydrogen-bond acceptors (Lipinski definition) is 3. The Labute approximate surface area is 101 Å². The predicted molar refractivity (Wildman–Crippen MR) is 68.8 cm³/mol. The molecule has 96 valence electrons. The smallest absolute Gasteiger partial charge is 0.0619 e. The summed E-state index contributed by atoms with van der Waals surface area (Å²) in [4.78, 5) is 2.61. The van der Waals surface area contributed by atoms with Crippen LogP contribution in [0.1, 0.15) is 34.1 Å². The van der Waals surface area contributed by atoms with Crippen molar-refractivity contribution in [3.63, 3.8) is 0 Å². The zero-order valence-electron chi connectivity index (χ0n) is 11.3. The molecule has 0 amide bonds. The van der Waals surface area contributed by atoms with Gasteiger partial charge in [-0.1, -0.05) is 20.8 Å². The normalized spacial score (nSPS) is 24.9. The van der Waals surface area contributed by atoms with E-state index < -0.39 is 0 Å². The second kappa shape index (κ2) is 7.25. The Bertz CT molecular complexity index is 185. The third-order valence-electron chi connectivity index (χ3n) is 3.39. The van der Waals surface area contributed by atoms with Crippen LogP contribution >= 0.6 is 0 Å². The lowest BCUT2D eigenvalue weighted by atomic mass is 10.00. The second-order valence-electron chi connectivity index (χ2n) is 5.18. The molecular weight excluding hydrogens is 200 g/mol. The molecule has 0 aromatic rings. The lowest BCUT2D eigenvalue weighted by Gasteiger charge is -2.41. The molecule has 1 aliphatic rings. The molecule has 1 heterocycles. The highest BCUT2D eigenvalue weighted by Gasteiger charge is 2.28. The number of hydrogen-bond donors (Lipinski definition) is 1. The van der Waals surface area contributed by atoms with Crippen molar-refractivity contribution >= 4 is 0 Å². The summed E-state index contributed by atoms with van der Waals surface area (Å²) in [5.41, 5.74) is 0. The molecule has 0 radical (unpaired) electrons. The number of nitrogens with zero attached hydrogens (tertiary/aromatic N) is 1. The molecule has 0 aromatic carbocycles. The lowest BCUT2D eigenvalue weighted by molar-refractivity contribution is -0.0310. The minimum atomic E-state index is 0.560. The van der Waals surface area contributed by atoms with Crippen LogP contribution in [0, 0.1) is 5.92 Å². The van der Waals surface area contributed by atoms with Gasteiger partial charge in [0.2, 0.25) is 0 Å². The van der Waals surface area contributed by atoms with Crippen LogP contribution in [0.3, 0.4) is 0 Å². The average Bonchev–Trinajstić information content (AvgIpc) is 2.25. The van der Waals surface area contributed by atoms with Crippen LogP contribution in [-0.2, 0) is 4.74 Å². The van der Waals surface area contributed by atoms with Crippen LogP contribution in [0.25, 0.3) is 0 Å². The van der Waals surface area contributed by atoms with Gasteiger partial charge in [0.15, 0.2) is 0 Å². The SMILES string of the molecule is CCCNCC(C(C)C)N1CCOCC1C. The average molecular weight is 228 g/mol. The number of nitrogens with one attached hydrogen (secondary N) is 1. The Morgan fingerprint density at radius 3 is 2.75 bits per heavy atom. The number of ether oxygens (including phenoxy) is 1. The summed E-state index contributed by atoms with van der Waals surface area (Å²) in [5, 5.41) is 3.55. The highest BCUT2D eigenvalue weighted by molar-refractivity contribution is 4.83. The van der Waals surface area contributed by atoms with E-state index in [2.05, 4.69) is 37.9 Å². The van der Waals surface area contributed by atoms with Crippen LogP contribution in [0.15, 0.2) is 0 Å². The fourth-order valence-electron chi connectivity index (χ4n) is 2.40. The summed E-state index contributed by atoms with van der Waals surface area (Å²) in [6.07, 6.45) is 1.21. The van der Waals surface area contributed by atoms with Crippen molar-refractivity contribution in [2.45, 2.75) is 46.2 Å². The molecule has 3 nitrogen and oxygen atoms in total. The Morgan fingerprint density at radius 1 is 1.44 bits per heavy atom. The predicted octanol–water partition coefficient (Wildman–Crippen LogP) is 1.73. The molecule has 1 saturated heterocycles. The highest BCUT2D eigenvalue weighted by atomic mass is 16.5. The van der Waals surface area contributed by atoms with E-state index in [0.717, 1.165) is 32.8 Å². The molecule has 1 aliphatic heterocycles. The minimum Gasteiger partial charge on any atom is -0.379 e. The molecule has 0 bridgehead atoms. The Morgan fingerprint density at radius 2 is 2.19 bits per heavy atom. The molecule has 2 unspecified atom stereocenters. The van der Waals surface area contributed by atoms with Crippen molar-refractivity contribution in [1.29, 1.82) is 0 Å². The summed E-state index contributed by atoms with van der Waals surface area (Å²) in [5.74, 6) is 0.699. The Kier molecular flexibility index (Phi) is 6.32. The van der Waals surface area contributed by atoms with Gasteiger partial charge in [0.25, 0.3) is 0 Å². The van der Waals surface area contributed by atoms with Crippen molar-refractivity contribution in [3.8, 4) is 0 Å². The summed E-state index contributed by atoms with van der Waals surface area (Å²) in [6, 6.07) is 1.20. The monoisotopic (exact) mass is 228 g/mol. The van der Waals surface area contributed by atoms with Crippen molar-refractivity contribution < 1.29 is 4.74 Å². The maximum Gasteiger partial charge on any atom is 0.0619 e. The first-order chi connectivity index (χ1) is 7.66. The summed E-state index contributed by atoms with van der Waals surface area (Å²) < 4.78 is 5.51. The quantitative estimate of drug-likeness (QED) is 0.701. The second-order valence-corrected chi connectivity index (χ2v) is 5.18. The van der Waals surface area contributed by atoms with E-state index in [1.807, 2.05) is 0 Å². The van der Waals surface area contributed by atoms with Crippen molar-refractivity contribution in [3.05, 3.63) is 0 Å². The first-order valence-corrected chi connectivity index (χ1v) is 6.71. The standard InChI is InChI=1S/C13H28N2O/c1-5-6-14-9-13(11(2)3)15-7-8-16-10-12(15)4/h11-14H,5-10H2,1-4H3. The molecule has 1 N–H and O–H groups in total. The van der Waals surface area contributed by atoms with Crippen LogP contribution in [-0.4, -0.2) is 49.8 Å².